The molecule has 2 atom stereocenters. The van der Waals surface area contributed by atoms with Gasteiger partial charge in [0.2, 0.25) is 0 Å². The minimum absolute atomic E-state index is 0.0779. The summed E-state index contributed by atoms with van der Waals surface area (Å²) in [4.78, 5) is 28.4. The van der Waals surface area contributed by atoms with Gasteiger partial charge in [0.1, 0.15) is 12.5 Å². The fourth-order valence-electron chi connectivity index (χ4n) is 4.78. The lowest BCUT2D eigenvalue weighted by molar-refractivity contribution is 0.0459. The first-order valence-corrected chi connectivity index (χ1v) is 11.0. The maximum absolute atomic E-state index is 12.8. The van der Waals surface area contributed by atoms with Gasteiger partial charge in [-0.1, -0.05) is 18.5 Å². The number of aliphatic imine (C=N–C) groups is 1. The SMILES string of the molecule is CC1CN(Cc2ccc(Cl)cn2)CC1C1=NC2=CN(C3CCOCC3)CN2C(=O)N1. The van der Waals surface area contributed by atoms with Crippen LogP contribution in [0.15, 0.2) is 35.3 Å². The van der Waals surface area contributed by atoms with Crippen molar-refractivity contribution < 1.29 is 9.53 Å². The summed E-state index contributed by atoms with van der Waals surface area (Å²) in [6, 6.07) is 4.17. The van der Waals surface area contributed by atoms with E-state index in [4.69, 9.17) is 21.3 Å². The summed E-state index contributed by atoms with van der Waals surface area (Å²) in [5.41, 5.74) is 0.999. The van der Waals surface area contributed by atoms with Crippen LogP contribution in [-0.4, -0.2) is 70.6 Å². The molecule has 1 aromatic heterocycles. The number of amidine groups is 1. The molecule has 0 saturated carbocycles. The molecule has 5 rings (SSSR count). The standard InChI is InChI=1S/C21H27ClN6O2/c1-14-9-26(10-16-3-2-15(22)8-23-16)11-18(14)20-24-19-12-27(13-28(19)21(29)25-20)17-4-6-30-7-5-17/h2-3,8,12,14,17-18H,4-7,9-11,13H2,1H3,(H,24,25,29). The van der Waals surface area contributed by atoms with E-state index in [1.807, 2.05) is 18.3 Å². The lowest BCUT2D eigenvalue weighted by Crippen LogP contribution is -2.50. The number of nitrogens with zero attached hydrogens (tertiary/aromatic N) is 5. The van der Waals surface area contributed by atoms with Crippen LogP contribution < -0.4 is 5.32 Å². The van der Waals surface area contributed by atoms with Gasteiger partial charge in [-0.25, -0.2) is 9.79 Å². The normalized spacial score (nSPS) is 27.7. The molecular weight excluding hydrogens is 404 g/mol. The van der Waals surface area contributed by atoms with Crippen LogP contribution in [-0.2, 0) is 11.3 Å². The smallest absolute Gasteiger partial charge is 0.329 e. The van der Waals surface area contributed by atoms with Gasteiger partial charge in [0.05, 0.1) is 10.7 Å². The molecule has 0 radical (unpaired) electrons. The molecule has 2 fully saturated rings. The minimum Gasteiger partial charge on any atom is -0.381 e. The summed E-state index contributed by atoms with van der Waals surface area (Å²) in [7, 11) is 0. The molecule has 1 N–H and O–H groups in total. The van der Waals surface area contributed by atoms with Crippen LogP contribution in [0.1, 0.15) is 25.5 Å². The number of fused-ring (bicyclic) bond motifs is 1. The Hall–Kier alpha value is -2.16. The van der Waals surface area contributed by atoms with Crippen molar-refractivity contribution in [1.29, 1.82) is 0 Å². The molecule has 160 valence electrons. The van der Waals surface area contributed by atoms with Gasteiger partial charge >= 0.3 is 6.03 Å². The van der Waals surface area contributed by atoms with Crippen molar-refractivity contribution in [2.24, 2.45) is 16.8 Å². The third-order valence-electron chi connectivity index (χ3n) is 6.45. The highest BCUT2D eigenvalue weighted by atomic mass is 35.5. The summed E-state index contributed by atoms with van der Waals surface area (Å²) in [6.45, 7) is 6.91. The van der Waals surface area contributed by atoms with E-state index < -0.39 is 0 Å². The Bertz CT molecular complexity index is 867. The fourth-order valence-corrected chi connectivity index (χ4v) is 4.89. The number of aromatic nitrogens is 1. The molecule has 5 heterocycles. The maximum Gasteiger partial charge on any atom is 0.329 e. The molecule has 1 aromatic rings. The second-order valence-corrected chi connectivity index (χ2v) is 9.02. The number of rotatable bonds is 4. The monoisotopic (exact) mass is 430 g/mol. The van der Waals surface area contributed by atoms with Crippen LogP contribution in [0.4, 0.5) is 4.79 Å². The molecule has 4 aliphatic rings. The number of likely N-dealkylation sites (tertiary alicyclic amines) is 1. The van der Waals surface area contributed by atoms with Crippen molar-refractivity contribution in [3.63, 3.8) is 0 Å². The topological polar surface area (TPSA) is 73.3 Å². The molecule has 0 spiro atoms. The van der Waals surface area contributed by atoms with E-state index in [0.717, 1.165) is 63.0 Å². The molecule has 0 bridgehead atoms. The van der Waals surface area contributed by atoms with E-state index in [-0.39, 0.29) is 11.9 Å². The quantitative estimate of drug-likeness (QED) is 0.794. The average molecular weight is 431 g/mol. The fraction of sp³-hybridized carbons (Fsp3) is 0.571. The lowest BCUT2D eigenvalue weighted by Gasteiger charge is -2.32. The van der Waals surface area contributed by atoms with Gasteiger partial charge in [0.15, 0.2) is 5.82 Å². The predicted octanol–water partition coefficient (Wildman–Crippen LogP) is 2.48. The highest BCUT2D eigenvalue weighted by Crippen LogP contribution is 2.30. The first-order chi connectivity index (χ1) is 14.6. The van der Waals surface area contributed by atoms with Crippen LogP contribution in [0.3, 0.4) is 0 Å². The lowest BCUT2D eigenvalue weighted by atomic mass is 9.96. The largest absolute Gasteiger partial charge is 0.381 e. The molecule has 4 aliphatic heterocycles. The molecule has 8 nitrogen and oxygen atoms in total. The van der Waals surface area contributed by atoms with E-state index in [1.165, 1.54) is 0 Å². The van der Waals surface area contributed by atoms with Crippen LogP contribution >= 0.6 is 11.6 Å². The van der Waals surface area contributed by atoms with Crippen molar-refractivity contribution in [2.45, 2.75) is 32.4 Å². The Morgan fingerprint density at radius 1 is 1.27 bits per heavy atom. The molecule has 2 amide bonds. The van der Waals surface area contributed by atoms with E-state index >= 15 is 0 Å². The van der Waals surface area contributed by atoms with Crippen LogP contribution in [0.5, 0.6) is 0 Å². The zero-order valence-electron chi connectivity index (χ0n) is 17.1. The van der Waals surface area contributed by atoms with Gasteiger partial charge in [0, 0.05) is 57.2 Å². The summed E-state index contributed by atoms with van der Waals surface area (Å²) >= 11 is 5.94. The van der Waals surface area contributed by atoms with Crippen molar-refractivity contribution in [2.75, 3.05) is 33.0 Å². The third kappa shape index (κ3) is 3.91. The Morgan fingerprint density at radius 3 is 2.87 bits per heavy atom. The van der Waals surface area contributed by atoms with E-state index in [9.17, 15) is 4.79 Å². The number of halogens is 1. The number of hydrogen-bond acceptors (Lipinski definition) is 6. The van der Waals surface area contributed by atoms with Crippen molar-refractivity contribution in [1.82, 2.24) is 25.0 Å². The number of nitrogens with one attached hydrogen (secondary N) is 1. The molecule has 2 unspecified atom stereocenters. The summed E-state index contributed by atoms with van der Waals surface area (Å²) in [6.07, 6.45) is 5.71. The number of carbonyl (C=O) groups excluding carboxylic acids is 1. The molecule has 0 aliphatic carbocycles. The highest BCUT2D eigenvalue weighted by Gasteiger charge is 2.40. The first kappa shape index (κ1) is 19.8. The summed E-state index contributed by atoms with van der Waals surface area (Å²) in [5, 5.41) is 3.71. The molecule has 0 aromatic carbocycles. The predicted molar refractivity (Wildman–Crippen MR) is 114 cm³/mol. The van der Waals surface area contributed by atoms with Crippen molar-refractivity contribution in [3.8, 4) is 0 Å². The second-order valence-electron chi connectivity index (χ2n) is 8.59. The van der Waals surface area contributed by atoms with Gasteiger partial charge < -0.3 is 9.64 Å². The van der Waals surface area contributed by atoms with Gasteiger partial charge in [-0.15, -0.1) is 0 Å². The summed E-state index contributed by atoms with van der Waals surface area (Å²) < 4.78 is 5.47. The Labute approximate surface area is 181 Å². The van der Waals surface area contributed by atoms with E-state index in [0.29, 0.717) is 23.7 Å². The molecular formula is C21H27ClN6O2. The van der Waals surface area contributed by atoms with Crippen LogP contribution in [0.2, 0.25) is 5.02 Å². The zero-order valence-corrected chi connectivity index (χ0v) is 17.9. The second kappa shape index (κ2) is 8.17. The average Bonchev–Trinajstić information content (AvgIpc) is 3.34. The summed E-state index contributed by atoms with van der Waals surface area (Å²) in [5.74, 6) is 2.14. The highest BCUT2D eigenvalue weighted by molar-refractivity contribution is 6.30. The number of amides is 2. The van der Waals surface area contributed by atoms with Gasteiger partial charge in [-0.2, -0.15) is 0 Å². The maximum atomic E-state index is 12.8. The van der Waals surface area contributed by atoms with Crippen molar-refractivity contribution >= 4 is 23.5 Å². The molecule has 30 heavy (non-hydrogen) atoms. The van der Waals surface area contributed by atoms with Gasteiger partial charge in [0.25, 0.3) is 0 Å². The number of urea groups is 1. The van der Waals surface area contributed by atoms with Crippen molar-refractivity contribution in [3.05, 3.63) is 41.1 Å². The Kier molecular flexibility index (Phi) is 5.39. The van der Waals surface area contributed by atoms with Crippen LogP contribution in [0.25, 0.3) is 0 Å². The Morgan fingerprint density at radius 2 is 2.10 bits per heavy atom. The molecule has 9 heteroatoms. The minimum atomic E-state index is -0.0779. The first-order valence-electron chi connectivity index (χ1n) is 10.6. The van der Waals surface area contributed by atoms with Gasteiger partial charge in [-0.05, 0) is 30.9 Å². The number of ether oxygens (including phenoxy) is 1. The number of pyridine rings is 1. The van der Waals surface area contributed by atoms with Crippen LogP contribution in [0, 0.1) is 11.8 Å². The molecule has 2 saturated heterocycles. The third-order valence-corrected chi connectivity index (χ3v) is 6.67. The Balaban J connectivity index is 1.29. The van der Waals surface area contributed by atoms with E-state index in [2.05, 4.69) is 27.0 Å². The van der Waals surface area contributed by atoms with Gasteiger partial charge in [-0.3, -0.25) is 20.1 Å². The van der Waals surface area contributed by atoms with E-state index in [1.54, 1.807) is 11.1 Å². The number of hydrogen-bond donors (Lipinski definition) is 1. The zero-order chi connectivity index (χ0) is 20.7. The number of carbonyl (C=O) groups is 1.